The second kappa shape index (κ2) is 3.38. The minimum atomic E-state index is -0.248. The number of anilines is 1. The van der Waals surface area contributed by atoms with Crippen molar-refractivity contribution >= 4 is 12.3 Å². The maximum absolute atomic E-state index is 11.6. The first-order valence-electron chi connectivity index (χ1n) is 3.99. The van der Waals surface area contributed by atoms with Gasteiger partial charge in [-0.25, -0.2) is 9.55 Å². The lowest BCUT2D eigenvalue weighted by Gasteiger charge is -2.06. The first kappa shape index (κ1) is 9.44. The van der Waals surface area contributed by atoms with Crippen molar-refractivity contribution in [3.05, 3.63) is 21.6 Å². The van der Waals surface area contributed by atoms with Gasteiger partial charge in [-0.2, -0.15) is 0 Å². The summed E-state index contributed by atoms with van der Waals surface area (Å²) >= 11 is 0. The van der Waals surface area contributed by atoms with Crippen molar-refractivity contribution in [3.63, 3.8) is 0 Å². The molecule has 5 heteroatoms. The molecule has 1 aromatic heterocycles. The molecular weight excluding hydrogens is 168 g/mol. The van der Waals surface area contributed by atoms with E-state index in [-0.39, 0.29) is 11.5 Å². The van der Waals surface area contributed by atoms with E-state index in [2.05, 4.69) is 4.98 Å². The van der Waals surface area contributed by atoms with Crippen LogP contribution in [0.3, 0.4) is 0 Å². The molecule has 0 atom stereocenters. The number of aromatic nitrogens is 2. The lowest BCUT2D eigenvalue weighted by atomic mass is 10.2. The summed E-state index contributed by atoms with van der Waals surface area (Å²) < 4.78 is 1.03. The smallest absolute Gasteiger partial charge is 0.263 e. The number of aryl methyl sites for hydroxylation is 1. The SMILES string of the molecule is CCc1c(C)nc(N)n(C=N)c1=O. The Morgan fingerprint density at radius 1 is 1.69 bits per heavy atom. The van der Waals surface area contributed by atoms with E-state index in [1.54, 1.807) is 6.92 Å². The summed E-state index contributed by atoms with van der Waals surface area (Å²) in [6, 6.07) is 0. The Bertz CT molecular complexity index is 394. The first-order chi connectivity index (χ1) is 6.11. The third kappa shape index (κ3) is 1.44. The van der Waals surface area contributed by atoms with Crippen LogP contribution in [0.5, 0.6) is 0 Å². The number of nitrogens with one attached hydrogen (secondary N) is 1. The Labute approximate surface area is 75.7 Å². The van der Waals surface area contributed by atoms with E-state index >= 15 is 0 Å². The van der Waals surface area contributed by atoms with Gasteiger partial charge in [-0.1, -0.05) is 6.92 Å². The van der Waals surface area contributed by atoms with Gasteiger partial charge in [0.15, 0.2) is 0 Å². The minimum absolute atomic E-state index is 0.0645. The number of hydrogen-bond acceptors (Lipinski definition) is 4. The molecule has 13 heavy (non-hydrogen) atoms. The number of nitrogens with two attached hydrogens (primary N) is 1. The van der Waals surface area contributed by atoms with Crippen LogP contribution in [0, 0.1) is 12.3 Å². The fourth-order valence-electron chi connectivity index (χ4n) is 1.23. The van der Waals surface area contributed by atoms with Crippen LogP contribution >= 0.6 is 0 Å². The van der Waals surface area contributed by atoms with Gasteiger partial charge in [-0.3, -0.25) is 10.2 Å². The molecule has 0 saturated carbocycles. The van der Waals surface area contributed by atoms with Gasteiger partial charge in [0.05, 0.1) is 6.34 Å². The average molecular weight is 180 g/mol. The van der Waals surface area contributed by atoms with E-state index in [1.807, 2.05) is 6.92 Å². The molecule has 0 aliphatic carbocycles. The van der Waals surface area contributed by atoms with Crippen molar-refractivity contribution in [2.24, 2.45) is 0 Å². The summed E-state index contributed by atoms with van der Waals surface area (Å²) in [7, 11) is 0. The Morgan fingerprint density at radius 2 is 2.31 bits per heavy atom. The molecule has 1 heterocycles. The van der Waals surface area contributed by atoms with E-state index in [4.69, 9.17) is 11.1 Å². The first-order valence-corrected chi connectivity index (χ1v) is 3.99. The maximum atomic E-state index is 11.6. The third-order valence-electron chi connectivity index (χ3n) is 1.93. The van der Waals surface area contributed by atoms with E-state index in [1.165, 1.54) is 0 Å². The predicted octanol–water partition coefficient (Wildman–Crippen LogP) is 0.151. The van der Waals surface area contributed by atoms with Gasteiger partial charge in [-0.05, 0) is 13.3 Å². The van der Waals surface area contributed by atoms with Gasteiger partial charge in [0.2, 0.25) is 5.95 Å². The highest BCUT2D eigenvalue weighted by Crippen LogP contribution is 2.02. The highest BCUT2D eigenvalue weighted by Gasteiger charge is 2.08. The molecule has 1 aromatic rings. The van der Waals surface area contributed by atoms with E-state index in [0.29, 0.717) is 17.7 Å². The molecule has 0 bridgehead atoms. The van der Waals surface area contributed by atoms with E-state index < -0.39 is 0 Å². The zero-order chi connectivity index (χ0) is 10.0. The minimum Gasteiger partial charge on any atom is -0.369 e. The summed E-state index contributed by atoms with van der Waals surface area (Å²) in [6.07, 6.45) is 1.48. The van der Waals surface area contributed by atoms with Gasteiger partial charge < -0.3 is 5.73 Å². The van der Waals surface area contributed by atoms with Crippen molar-refractivity contribution in [1.82, 2.24) is 9.55 Å². The Morgan fingerprint density at radius 3 is 2.77 bits per heavy atom. The molecule has 0 fully saturated rings. The van der Waals surface area contributed by atoms with Gasteiger partial charge in [-0.15, -0.1) is 0 Å². The second-order valence-electron chi connectivity index (χ2n) is 2.69. The number of nitrogen functional groups attached to an aromatic ring is 1. The molecule has 0 aromatic carbocycles. The molecule has 0 spiro atoms. The predicted molar refractivity (Wildman–Crippen MR) is 51.2 cm³/mol. The van der Waals surface area contributed by atoms with Crippen LogP contribution in [0.4, 0.5) is 5.95 Å². The Hall–Kier alpha value is -1.65. The molecule has 5 nitrogen and oxygen atoms in total. The highest BCUT2D eigenvalue weighted by atomic mass is 16.1. The summed E-state index contributed by atoms with van der Waals surface area (Å²) in [5.41, 5.74) is 6.46. The molecule has 70 valence electrons. The maximum Gasteiger partial charge on any atom is 0.263 e. The van der Waals surface area contributed by atoms with Crippen LogP contribution < -0.4 is 11.3 Å². The fraction of sp³-hybridized carbons (Fsp3) is 0.375. The molecule has 0 saturated heterocycles. The number of nitrogens with zero attached hydrogens (tertiary/aromatic N) is 2. The van der Waals surface area contributed by atoms with Crippen LogP contribution in [-0.4, -0.2) is 15.9 Å². The fourth-order valence-corrected chi connectivity index (χ4v) is 1.23. The second-order valence-corrected chi connectivity index (χ2v) is 2.69. The summed E-state index contributed by atoms with van der Waals surface area (Å²) in [5, 5.41) is 6.99. The van der Waals surface area contributed by atoms with Crippen LogP contribution in [0.2, 0.25) is 0 Å². The summed E-state index contributed by atoms with van der Waals surface area (Å²) in [5.74, 6) is 0.0645. The largest absolute Gasteiger partial charge is 0.369 e. The van der Waals surface area contributed by atoms with Gasteiger partial charge in [0.1, 0.15) is 0 Å². The topological polar surface area (TPSA) is 84.8 Å². The Balaban J connectivity index is 3.58. The zero-order valence-electron chi connectivity index (χ0n) is 7.66. The Kier molecular flexibility index (Phi) is 2.46. The van der Waals surface area contributed by atoms with Crippen LogP contribution in [0.15, 0.2) is 4.79 Å². The zero-order valence-corrected chi connectivity index (χ0v) is 7.66. The molecule has 0 unspecified atom stereocenters. The lowest BCUT2D eigenvalue weighted by Crippen LogP contribution is -2.28. The quantitative estimate of drug-likeness (QED) is 0.502. The molecular formula is C8H12N4O. The summed E-state index contributed by atoms with van der Waals surface area (Å²) in [6.45, 7) is 3.61. The van der Waals surface area contributed by atoms with Gasteiger partial charge in [0, 0.05) is 11.3 Å². The molecule has 3 N–H and O–H groups in total. The van der Waals surface area contributed by atoms with Crippen LogP contribution in [0.1, 0.15) is 18.2 Å². The molecule has 0 radical (unpaired) electrons. The number of hydrogen-bond donors (Lipinski definition) is 2. The monoisotopic (exact) mass is 180 g/mol. The van der Waals surface area contributed by atoms with Crippen molar-refractivity contribution in [1.29, 1.82) is 5.41 Å². The van der Waals surface area contributed by atoms with Crippen molar-refractivity contribution in [3.8, 4) is 0 Å². The van der Waals surface area contributed by atoms with Gasteiger partial charge >= 0.3 is 0 Å². The van der Waals surface area contributed by atoms with Crippen molar-refractivity contribution in [2.75, 3.05) is 5.73 Å². The van der Waals surface area contributed by atoms with E-state index in [9.17, 15) is 4.79 Å². The highest BCUT2D eigenvalue weighted by molar-refractivity contribution is 5.59. The van der Waals surface area contributed by atoms with Crippen molar-refractivity contribution in [2.45, 2.75) is 20.3 Å². The normalized spacial score (nSPS) is 10.0. The number of rotatable bonds is 2. The average Bonchev–Trinajstić information content (AvgIpc) is 2.04. The van der Waals surface area contributed by atoms with Crippen molar-refractivity contribution < 1.29 is 0 Å². The molecule has 0 aliphatic heterocycles. The molecule has 0 amide bonds. The standard InChI is InChI=1S/C8H12N4O/c1-3-6-5(2)11-8(10)12(4-9)7(6)13/h4,9H,3H2,1-2H3,(H2,10,11). The van der Waals surface area contributed by atoms with E-state index in [0.717, 1.165) is 10.9 Å². The van der Waals surface area contributed by atoms with Crippen LogP contribution in [-0.2, 0) is 6.42 Å². The van der Waals surface area contributed by atoms with Crippen LogP contribution in [0.25, 0.3) is 0 Å². The summed E-state index contributed by atoms with van der Waals surface area (Å²) in [4.78, 5) is 15.5. The lowest BCUT2D eigenvalue weighted by molar-refractivity contribution is 0.920. The van der Waals surface area contributed by atoms with Gasteiger partial charge in [0.25, 0.3) is 5.56 Å². The third-order valence-corrected chi connectivity index (χ3v) is 1.93. The molecule has 1 rings (SSSR count). The molecule has 0 aliphatic rings.